The lowest BCUT2D eigenvalue weighted by molar-refractivity contribution is 0.408. The van der Waals surface area contributed by atoms with Crippen molar-refractivity contribution in [3.8, 4) is 0 Å². The van der Waals surface area contributed by atoms with Crippen LogP contribution in [0.3, 0.4) is 0 Å². The van der Waals surface area contributed by atoms with Crippen LogP contribution in [0, 0.1) is 17.8 Å². The Morgan fingerprint density at radius 2 is 1.61 bits per heavy atom. The maximum absolute atomic E-state index is 13.6. The van der Waals surface area contributed by atoms with Crippen molar-refractivity contribution >= 4 is 41.0 Å². The van der Waals surface area contributed by atoms with Crippen LogP contribution in [0.1, 0.15) is 0 Å². The van der Waals surface area contributed by atoms with Crippen molar-refractivity contribution in [2.75, 3.05) is 25.9 Å². The van der Waals surface area contributed by atoms with Crippen LogP contribution in [0.2, 0.25) is 0 Å². The molecule has 10 nitrogen and oxygen atoms in total. The first-order valence-electron chi connectivity index (χ1n) is 10.2. The van der Waals surface area contributed by atoms with Gasteiger partial charge < -0.3 is 0 Å². The van der Waals surface area contributed by atoms with E-state index in [2.05, 4.69) is 9.71 Å². The minimum atomic E-state index is -4.28. The van der Waals surface area contributed by atoms with Crippen molar-refractivity contribution in [1.82, 2.24) is 18.0 Å². The van der Waals surface area contributed by atoms with Crippen LogP contribution in [-0.2, 0) is 30.1 Å². The van der Waals surface area contributed by atoms with E-state index in [1.165, 1.54) is 28.7 Å². The molecule has 5 rings (SSSR count). The molecule has 3 aromatic rings. The van der Waals surface area contributed by atoms with E-state index in [1.54, 1.807) is 30.3 Å². The van der Waals surface area contributed by atoms with Gasteiger partial charge in [0.25, 0.3) is 20.0 Å². The Balaban J connectivity index is 1.51. The first-order chi connectivity index (χ1) is 15.5. The molecule has 1 aromatic carbocycles. The highest BCUT2D eigenvalue weighted by molar-refractivity contribution is 7.92. The zero-order valence-electron chi connectivity index (χ0n) is 17.6. The van der Waals surface area contributed by atoms with Crippen molar-refractivity contribution in [2.45, 2.75) is 10.1 Å². The first-order valence-corrected chi connectivity index (χ1v) is 15.0. The molecule has 1 aliphatic heterocycles. The number of rotatable bonds is 7. The van der Waals surface area contributed by atoms with Crippen LogP contribution in [-0.4, -0.2) is 64.4 Å². The van der Waals surface area contributed by atoms with E-state index in [1.807, 2.05) is 0 Å². The van der Waals surface area contributed by atoms with Gasteiger partial charge in [-0.3, -0.25) is 0 Å². The molecule has 13 heteroatoms. The Hall–Kier alpha value is -2.32. The van der Waals surface area contributed by atoms with Gasteiger partial charge in [0.1, 0.15) is 0 Å². The number of nitrogens with zero attached hydrogens (tertiary/aromatic N) is 3. The number of sulfonamides is 2. The summed E-state index contributed by atoms with van der Waals surface area (Å²) >= 11 is 0. The minimum Gasteiger partial charge on any atom is -0.243 e. The monoisotopic (exact) mass is 510 g/mol. The van der Waals surface area contributed by atoms with E-state index in [0.29, 0.717) is 5.39 Å². The quantitative estimate of drug-likeness (QED) is 0.494. The topological polar surface area (TPSA) is 136 Å². The maximum atomic E-state index is 13.6. The fraction of sp³-hybridized carbons (Fsp3) is 0.350. The third-order valence-corrected chi connectivity index (χ3v) is 10.6. The molecule has 2 atom stereocenters. The number of pyridine rings is 1. The van der Waals surface area contributed by atoms with Crippen LogP contribution in [0.4, 0.5) is 0 Å². The molecular weight excluding hydrogens is 488 g/mol. The Labute approximate surface area is 192 Å². The number of benzene rings is 1. The molecule has 3 heterocycles. The van der Waals surface area contributed by atoms with E-state index < -0.39 is 30.1 Å². The molecule has 2 aliphatic rings. The lowest BCUT2D eigenvalue weighted by atomic mass is 10.3. The molecule has 0 spiro atoms. The predicted octanol–water partition coefficient (Wildman–Crippen LogP) is 0.689. The van der Waals surface area contributed by atoms with E-state index in [-0.39, 0.29) is 53.0 Å². The standard InChI is InChI=1S/C20H22N4O6S3/c1-31(25,26)22-11-15-16-12-23(13-17(15)16)33(29,30)20-10-14-6-2-3-7-18(14)24(20)32(27,28)19-8-4-5-9-21-19/h2-10,15-17,22H,11-13H2,1H3. The molecule has 2 unspecified atom stereocenters. The highest BCUT2D eigenvalue weighted by Gasteiger charge is 2.58. The summed E-state index contributed by atoms with van der Waals surface area (Å²) in [5.74, 6) is 0.160. The SMILES string of the molecule is CS(=O)(=O)NCC1C2CN(S(=O)(=O)c3cc4ccccc4n3S(=O)(=O)c3ccccn3)CC12. The van der Waals surface area contributed by atoms with Gasteiger partial charge in [-0.1, -0.05) is 24.3 Å². The van der Waals surface area contributed by atoms with E-state index >= 15 is 0 Å². The Morgan fingerprint density at radius 1 is 0.939 bits per heavy atom. The van der Waals surface area contributed by atoms with Gasteiger partial charge in [-0.25, -0.2) is 30.5 Å². The Kier molecular flexibility index (Phi) is 5.17. The summed E-state index contributed by atoms with van der Waals surface area (Å²) in [5.41, 5.74) is 0.251. The largest absolute Gasteiger partial charge is 0.286 e. The second kappa shape index (κ2) is 7.60. The van der Waals surface area contributed by atoms with Gasteiger partial charge in [0.05, 0.1) is 11.8 Å². The minimum absolute atomic E-state index is 0.0410. The molecule has 0 radical (unpaired) electrons. The average Bonchev–Trinajstić information content (AvgIpc) is 3.10. The summed E-state index contributed by atoms with van der Waals surface area (Å²) < 4.78 is 81.4. The zero-order valence-corrected chi connectivity index (χ0v) is 20.0. The average molecular weight is 511 g/mol. The lowest BCUT2D eigenvalue weighted by Gasteiger charge is -2.21. The summed E-state index contributed by atoms with van der Waals surface area (Å²) in [5, 5.41) is -0.101. The second-order valence-electron chi connectivity index (χ2n) is 8.41. The highest BCUT2D eigenvalue weighted by atomic mass is 32.2. The second-order valence-corrected chi connectivity index (χ2v) is 13.9. The van der Waals surface area contributed by atoms with Gasteiger partial charge in [-0.05, 0) is 42.0 Å². The van der Waals surface area contributed by atoms with Crippen LogP contribution >= 0.6 is 0 Å². The number of aromatic nitrogens is 2. The van der Waals surface area contributed by atoms with Crippen molar-refractivity contribution < 1.29 is 25.3 Å². The smallest absolute Gasteiger partial charge is 0.243 e. The highest BCUT2D eigenvalue weighted by Crippen LogP contribution is 2.52. The number of hydrogen-bond acceptors (Lipinski definition) is 7. The molecule has 1 aliphatic carbocycles. The van der Waals surface area contributed by atoms with Crippen molar-refractivity contribution in [1.29, 1.82) is 0 Å². The molecule has 33 heavy (non-hydrogen) atoms. The molecule has 1 N–H and O–H groups in total. The van der Waals surface area contributed by atoms with Crippen LogP contribution in [0.15, 0.2) is 64.8 Å². The third-order valence-electron chi connectivity index (χ3n) is 6.30. The molecular formula is C20H22N4O6S3. The van der Waals surface area contributed by atoms with E-state index in [0.717, 1.165) is 10.2 Å². The molecule has 2 fully saturated rings. The molecule has 1 saturated carbocycles. The maximum Gasteiger partial charge on any atom is 0.286 e. The van der Waals surface area contributed by atoms with Gasteiger partial charge in [0.2, 0.25) is 10.0 Å². The molecule has 2 aromatic heterocycles. The zero-order chi connectivity index (χ0) is 23.6. The van der Waals surface area contributed by atoms with Crippen LogP contribution < -0.4 is 4.72 Å². The number of nitrogens with one attached hydrogen (secondary N) is 1. The van der Waals surface area contributed by atoms with E-state index in [4.69, 9.17) is 0 Å². The third kappa shape index (κ3) is 3.87. The summed E-state index contributed by atoms with van der Waals surface area (Å²) in [6.45, 7) is 0.707. The van der Waals surface area contributed by atoms with Gasteiger partial charge in [0, 0.05) is 31.2 Å². The Bertz CT molecular complexity index is 1540. The van der Waals surface area contributed by atoms with Crippen LogP contribution in [0.5, 0.6) is 0 Å². The number of fused-ring (bicyclic) bond motifs is 2. The normalized spacial score (nSPS) is 23.6. The summed E-state index contributed by atoms with van der Waals surface area (Å²) in [4.78, 5) is 3.93. The Morgan fingerprint density at radius 3 is 2.24 bits per heavy atom. The van der Waals surface area contributed by atoms with Crippen molar-refractivity contribution in [3.63, 3.8) is 0 Å². The number of para-hydroxylation sites is 1. The fourth-order valence-corrected chi connectivity index (χ4v) is 8.62. The van der Waals surface area contributed by atoms with Gasteiger partial charge in [-0.2, -0.15) is 12.7 Å². The summed E-state index contributed by atoms with van der Waals surface area (Å²) in [6, 6.07) is 12.4. The van der Waals surface area contributed by atoms with Gasteiger partial charge in [-0.15, -0.1) is 0 Å². The van der Waals surface area contributed by atoms with Crippen LogP contribution in [0.25, 0.3) is 10.9 Å². The number of piperidine rings is 1. The molecule has 0 amide bonds. The molecule has 176 valence electrons. The lowest BCUT2D eigenvalue weighted by Crippen LogP contribution is -2.35. The summed E-state index contributed by atoms with van der Waals surface area (Å²) in [7, 11) is -11.7. The first kappa shape index (κ1) is 22.5. The fourth-order valence-electron chi connectivity index (χ4n) is 4.61. The summed E-state index contributed by atoms with van der Waals surface area (Å²) in [6.07, 6.45) is 2.42. The van der Waals surface area contributed by atoms with E-state index in [9.17, 15) is 25.3 Å². The van der Waals surface area contributed by atoms with Gasteiger partial charge in [0.15, 0.2) is 10.1 Å². The molecule has 1 saturated heterocycles. The van der Waals surface area contributed by atoms with Crippen molar-refractivity contribution in [2.24, 2.45) is 17.8 Å². The van der Waals surface area contributed by atoms with Gasteiger partial charge >= 0.3 is 0 Å². The molecule has 0 bridgehead atoms. The van der Waals surface area contributed by atoms with Crippen molar-refractivity contribution in [3.05, 3.63) is 54.7 Å². The predicted molar refractivity (Wildman–Crippen MR) is 121 cm³/mol. The number of hydrogen-bond donors (Lipinski definition) is 1.